The van der Waals surface area contributed by atoms with Crippen LogP contribution in [0.3, 0.4) is 0 Å². The van der Waals surface area contributed by atoms with Gasteiger partial charge < -0.3 is 5.73 Å². The molecule has 98 valence electrons. The van der Waals surface area contributed by atoms with E-state index in [4.69, 9.17) is 5.73 Å². The van der Waals surface area contributed by atoms with Crippen LogP contribution in [-0.2, 0) is 19.3 Å². The number of hydrogen-bond acceptors (Lipinski definition) is 1. The fourth-order valence-corrected chi connectivity index (χ4v) is 3.64. The van der Waals surface area contributed by atoms with Crippen LogP contribution in [0.4, 0.5) is 0 Å². The van der Waals surface area contributed by atoms with E-state index in [2.05, 4.69) is 64.5 Å². The molecule has 0 amide bonds. The van der Waals surface area contributed by atoms with Crippen LogP contribution in [0, 0.1) is 5.41 Å². The fourth-order valence-electron chi connectivity index (χ4n) is 3.19. The van der Waals surface area contributed by atoms with Gasteiger partial charge >= 0.3 is 0 Å². The molecule has 1 aliphatic carbocycles. The van der Waals surface area contributed by atoms with Crippen molar-refractivity contribution in [3.63, 3.8) is 0 Å². The van der Waals surface area contributed by atoms with Crippen molar-refractivity contribution in [2.75, 3.05) is 6.54 Å². The molecule has 0 saturated carbocycles. The van der Waals surface area contributed by atoms with Gasteiger partial charge in [0.25, 0.3) is 0 Å². The summed E-state index contributed by atoms with van der Waals surface area (Å²) in [6.07, 6.45) is 3.26. The van der Waals surface area contributed by atoms with E-state index in [1.54, 1.807) is 0 Å². The van der Waals surface area contributed by atoms with Gasteiger partial charge in [0.1, 0.15) is 0 Å². The van der Waals surface area contributed by atoms with Gasteiger partial charge in [-0.1, -0.05) is 52.3 Å². The van der Waals surface area contributed by atoms with Crippen LogP contribution in [0.5, 0.6) is 0 Å². The number of nitrogens with two attached hydrogens (primary N) is 1. The maximum Gasteiger partial charge on any atom is 0.0177 e. The summed E-state index contributed by atoms with van der Waals surface area (Å²) >= 11 is 3.55. The molecule has 0 fully saturated rings. The van der Waals surface area contributed by atoms with E-state index in [-0.39, 0.29) is 5.41 Å². The molecule has 0 aliphatic heterocycles. The molecule has 2 N–H and O–H groups in total. The van der Waals surface area contributed by atoms with Crippen molar-refractivity contribution in [2.24, 2.45) is 11.1 Å². The molecule has 0 atom stereocenters. The highest BCUT2D eigenvalue weighted by Crippen LogP contribution is 2.39. The zero-order chi connectivity index (χ0) is 13.3. The van der Waals surface area contributed by atoms with Gasteiger partial charge in [-0.15, -0.1) is 0 Å². The lowest BCUT2D eigenvalue weighted by atomic mass is 9.79. The highest BCUT2D eigenvalue weighted by Gasteiger charge is 2.35. The van der Waals surface area contributed by atoms with Crippen LogP contribution in [-0.4, -0.2) is 6.54 Å². The molecule has 1 nitrogen and oxygen atoms in total. The zero-order valence-electron chi connectivity index (χ0n) is 10.9. The fraction of sp³-hybridized carbons (Fsp3) is 0.294. The normalized spacial score (nSPS) is 16.3. The van der Waals surface area contributed by atoms with Crippen LogP contribution in [0.1, 0.15) is 16.7 Å². The molecule has 0 unspecified atom stereocenters. The minimum absolute atomic E-state index is 0.199. The molecule has 3 rings (SSSR count). The summed E-state index contributed by atoms with van der Waals surface area (Å²) in [6, 6.07) is 17.3. The highest BCUT2D eigenvalue weighted by atomic mass is 79.9. The van der Waals surface area contributed by atoms with E-state index >= 15 is 0 Å². The lowest BCUT2D eigenvalue weighted by Crippen LogP contribution is -2.33. The molecule has 1 aliphatic rings. The topological polar surface area (TPSA) is 26.0 Å². The lowest BCUT2D eigenvalue weighted by Gasteiger charge is -2.27. The van der Waals surface area contributed by atoms with Crippen molar-refractivity contribution in [3.05, 3.63) is 69.7 Å². The molecule has 0 spiro atoms. The second-order valence-electron chi connectivity index (χ2n) is 5.63. The Bertz CT molecular complexity index is 566. The van der Waals surface area contributed by atoms with Crippen LogP contribution in [0.25, 0.3) is 0 Å². The third kappa shape index (κ3) is 2.60. The van der Waals surface area contributed by atoms with Crippen LogP contribution in [0.2, 0.25) is 0 Å². The number of benzene rings is 2. The third-order valence-electron chi connectivity index (χ3n) is 4.15. The zero-order valence-corrected chi connectivity index (χ0v) is 12.5. The first-order chi connectivity index (χ1) is 9.21. The van der Waals surface area contributed by atoms with Gasteiger partial charge in [-0.3, -0.25) is 0 Å². The van der Waals surface area contributed by atoms with E-state index in [9.17, 15) is 0 Å². The van der Waals surface area contributed by atoms with Gasteiger partial charge in [0.15, 0.2) is 0 Å². The average molecular weight is 316 g/mol. The van der Waals surface area contributed by atoms with Gasteiger partial charge in [0.05, 0.1) is 0 Å². The average Bonchev–Trinajstić information content (AvgIpc) is 2.77. The largest absolute Gasteiger partial charge is 0.330 e. The molecule has 0 aromatic heterocycles. The summed E-state index contributed by atoms with van der Waals surface area (Å²) < 4.78 is 1.15. The predicted octanol–water partition coefficient (Wildman–Crippen LogP) is 3.74. The summed E-state index contributed by atoms with van der Waals surface area (Å²) in [6.45, 7) is 0.744. The van der Waals surface area contributed by atoms with Crippen molar-refractivity contribution < 1.29 is 0 Å². The molecule has 2 aromatic carbocycles. The lowest BCUT2D eigenvalue weighted by molar-refractivity contribution is 0.315. The van der Waals surface area contributed by atoms with E-state index in [0.29, 0.717) is 0 Å². The van der Waals surface area contributed by atoms with Gasteiger partial charge in [-0.05, 0) is 60.0 Å². The van der Waals surface area contributed by atoms with Crippen LogP contribution >= 0.6 is 15.9 Å². The van der Waals surface area contributed by atoms with Gasteiger partial charge in [-0.25, -0.2) is 0 Å². The van der Waals surface area contributed by atoms with E-state index in [1.165, 1.54) is 16.7 Å². The number of rotatable bonds is 3. The molecule has 2 heteroatoms. The maximum absolute atomic E-state index is 6.12. The van der Waals surface area contributed by atoms with E-state index in [0.717, 1.165) is 30.3 Å². The second-order valence-corrected chi connectivity index (χ2v) is 6.55. The van der Waals surface area contributed by atoms with Crippen molar-refractivity contribution in [3.8, 4) is 0 Å². The number of fused-ring (bicyclic) bond motifs is 1. The number of hydrogen-bond donors (Lipinski definition) is 1. The number of halogens is 1. The summed E-state index contributed by atoms with van der Waals surface area (Å²) in [4.78, 5) is 0. The van der Waals surface area contributed by atoms with Crippen molar-refractivity contribution in [1.29, 1.82) is 0 Å². The second kappa shape index (κ2) is 5.10. The van der Waals surface area contributed by atoms with Crippen molar-refractivity contribution >= 4 is 15.9 Å². The molecule has 0 heterocycles. The molecular weight excluding hydrogens is 298 g/mol. The Morgan fingerprint density at radius 2 is 1.68 bits per heavy atom. The minimum atomic E-state index is 0.199. The monoisotopic (exact) mass is 315 g/mol. The standard InChI is InChI=1S/C17H18BrN/c18-16-7-3-4-13(8-16)9-17(12-19)10-14-5-1-2-6-15(14)11-17/h1-8H,9-12,19H2. The van der Waals surface area contributed by atoms with Gasteiger partial charge in [0, 0.05) is 4.47 Å². The summed E-state index contributed by atoms with van der Waals surface area (Å²) in [5.41, 5.74) is 10.6. The molecule has 0 radical (unpaired) electrons. The van der Waals surface area contributed by atoms with Crippen molar-refractivity contribution in [1.82, 2.24) is 0 Å². The Labute approximate surface area is 123 Å². The highest BCUT2D eigenvalue weighted by molar-refractivity contribution is 9.10. The quantitative estimate of drug-likeness (QED) is 0.917. The summed E-state index contributed by atoms with van der Waals surface area (Å²) in [5, 5.41) is 0. The SMILES string of the molecule is NCC1(Cc2cccc(Br)c2)Cc2ccccc2C1. The molecule has 19 heavy (non-hydrogen) atoms. The predicted molar refractivity (Wildman–Crippen MR) is 83.2 cm³/mol. The first-order valence-electron chi connectivity index (χ1n) is 6.72. The van der Waals surface area contributed by atoms with Crippen molar-refractivity contribution in [2.45, 2.75) is 19.3 Å². The Balaban J connectivity index is 1.87. The van der Waals surface area contributed by atoms with Gasteiger partial charge in [0.2, 0.25) is 0 Å². The minimum Gasteiger partial charge on any atom is -0.330 e. The first kappa shape index (κ1) is 12.9. The maximum atomic E-state index is 6.12. The van der Waals surface area contributed by atoms with E-state index in [1.807, 2.05) is 0 Å². The Morgan fingerprint density at radius 3 is 2.26 bits per heavy atom. The Morgan fingerprint density at radius 1 is 1.00 bits per heavy atom. The first-order valence-corrected chi connectivity index (χ1v) is 7.51. The smallest absolute Gasteiger partial charge is 0.0177 e. The Kier molecular flexibility index (Phi) is 3.46. The van der Waals surface area contributed by atoms with Crippen LogP contribution in [0.15, 0.2) is 53.0 Å². The molecule has 2 aromatic rings. The summed E-state index contributed by atoms with van der Waals surface area (Å²) in [7, 11) is 0. The summed E-state index contributed by atoms with van der Waals surface area (Å²) in [5.74, 6) is 0. The molecule has 0 bridgehead atoms. The Hall–Kier alpha value is -1.12. The third-order valence-corrected chi connectivity index (χ3v) is 4.64. The van der Waals surface area contributed by atoms with Crippen LogP contribution < -0.4 is 5.73 Å². The molecular formula is C17H18BrN. The van der Waals surface area contributed by atoms with E-state index < -0.39 is 0 Å². The molecule has 0 saturated heterocycles. The van der Waals surface area contributed by atoms with Gasteiger partial charge in [-0.2, -0.15) is 0 Å².